The Kier molecular flexibility index (Phi) is 2.94. The lowest BCUT2D eigenvalue weighted by atomic mass is 9.94. The second kappa shape index (κ2) is 4.38. The highest BCUT2D eigenvalue weighted by Gasteiger charge is 2.23. The fourth-order valence-corrected chi connectivity index (χ4v) is 1.86. The van der Waals surface area contributed by atoms with Crippen molar-refractivity contribution < 1.29 is 4.79 Å². The average Bonchev–Trinajstić information content (AvgIpc) is 2.30. The van der Waals surface area contributed by atoms with Crippen LogP contribution in [0.25, 0.3) is 0 Å². The standard InChI is InChI=1S/C11H14N3O/c1-9(15)10-3-7-14(8-4-10)11-12-5-2-6-13-11/h2,5-6,10H,1,3-4,7-8H2. The molecule has 0 N–H and O–H groups in total. The molecule has 0 aromatic carbocycles. The lowest BCUT2D eigenvalue weighted by Crippen LogP contribution is -2.36. The molecule has 1 aliphatic heterocycles. The van der Waals surface area contributed by atoms with Crippen molar-refractivity contribution >= 4 is 11.7 Å². The second-order valence-electron chi connectivity index (χ2n) is 3.78. The summed E-state index contributed by atoms with van der Waals surface area (Å²) in [7, 11) is 0. The van der Waals surface area contributed by atoms with Crippen LogP contribution < -0.4 is 4.90 Å². The fraction of sp³-hybridized carbons (Fsp3) is 0.455. The van der Waals surface area contributed by atoms with E-state index >= 15 is 0 Å². The van der Waals surface area contributed by atoms with Crippen LogP contribution in [0.4, 0.5) is 5.95 Å². The minimum absolute atomic E-state index is 0.0589. The summed E-state index contributed by atoms with van der Waals surface area (Å²) in [5.41, 5.74) is 0. The van der Waals surface area contributed by atoms with Crippen LogP contribution in [-0.4, -0.2) is 28.8 Å². The Morgan fingerprint density at radius 1 is 1.33 bits per heavy atom. The number of Topliss-reactive ketones (excluding diaryl/α,β-unsaturated/α-hetero) is 1. The van der Waals surface area contributed by atoms with Crippen molar-refractivity contribution in [3.63, 3.8) is 0 Å². The van der Waals surface area contributed by atoms with Gasteiger partial charge in [-0.05, 0) is 18.9 Å². The van der Waals surface area contributed by atoms with Gasteiger partial charge in [0.2, 0.25) is 5.95 Å². The maximum Gasteiger partial charge on any atom is 0.225 e. The van der Waals surface area contributed by atoms with Crippen LogP contribution in [-0.2, 0) is 4.79 Å². The van der Waals surface area contributed by atoms with Gasteiger partial charge >= 0.3 is 0 Å². The summed E-state index contributed by atoms with van der Waals surface area (Å²) in [5, 5.41) is 0. The SMILES string of the molecule is [CH2]C(=O)C1CCN(c2ncccn2)CC1. The molecule has 0 saturated carbocycles. The molecule has 2 rings (SSSR count). The number of rotatable bonds is 2. The molecule has 15 heavy (non-hydrogen) atoms. The zero-order valence-electron chi connectivity index (χ0n) is 8.59. The Balaban J connectivity index is 1.97. The summed E-state index contributed by atoms with van der Waals surface area (Å²) in [6.07, 6.45) is 5.20. The van der Waals surface area contributed by atoms with Crippen LogP contribution in [0.1, 0.15) is 12.8 Å². The van der Waals surface area contributed by atoms with Crippen LogP contribution in [0, 0.1) is 12.8 Å². The second-order valence-corrected chi connectivity index (χ2v) is 3.78. The van der Waals surface area contributed by atoms with E-state index in [4.69, 9.17) is 0 Å². The lowest BCUT2D eigenvalue weighted by molar-refractivity contribution is -0.119. The number of nitrogens with zero attached hydrogens (tertiary/aromatic N) is 3. The number of hydrogen-bond acceptors (Lipinski definition) is 4. The molecule has 0 aliphatic carbocycles. The van der Waals surface area contributed by atoms with E-state index in [1.165, 1.54) is 0 Å². The number of ketones is 1. The molecule has 0 bridgehead atoms. The molecule has 1 fully saturated rings. The van der Waals surface area contributed by atoms with Crippen LogP contribution in [0.3, 0.4) is 0 Å². The molecule has 4 nitrogen and oxygen atoms in total. The minimum atomic E-state index is 0.0589. The zero-order chi connectivity index (χ0) is 10.7. The Morgan fingerprint density at radius 2 is 1.93 bits per heavy atom. The molecular weight excluding hydrogens is 190 g/mol. The van der Waals surface area contributed by atoms with Gasteiger partial charge in [0, 0.05) is 38.3 Å². The van der Waals surface area contributed by atoms with Gasteiger partial charge in [-0.15, -0.1) is 0 Å². The highest BCUT2D eigenvalue weighted by molar-refractivity contribution is 5.85. The van der Waals surface area contributed by atoms with Gasteiger partial charge in [0.1, 0.15) is 5.78 Å². The topological polar surface area (TPSA) is 46.1 Å². The number of aromatic nitrogens is 2. The Hall–Kier alpha value is -1.45. The highest BCUT2D eigenvalue weighted by Crippen LogP contribution is 2.20. The van der Waals surface area contributed by atoms with E-state index in [9.17, 15) is 4.79 Å². The maximum atomic E-state index is 11.1. The molecular formula is C11H14N3O. The third kappa shape index (κ3) is 2.32. The van der Waals surface area contributed by atoms with E-state index in [1.54, 1.807) is 18.5 Å². The third-order valence-corrected chi connectivity index (χ3v) is 2.79. The predicted molar refractivity (Wildman–Crippen MR) is 57.3 cm³/mol. The van der Waals surface area contributed by atoms with Gasteiger partial charge in [-0.2, -0.15) is 0 Å². The molecule has 0 amide bonds. The van der Waals surface area contributed by atoms with Crippen LogP contribution in [0.5, 0.6) is 0 Å². The molecule has 1 aliphatic rings. The van der Waals surface area contributed by atoms with Crippen molar-refractivity contribution in [1.82, 2.24) is 9.97 Å². The van der Waals surface area contributed by atoms with Crippen LogP contribution >= 0.6 is 0 Å². The summed E-state index contributed by atoms with van der Waals surface area (Å²) in [5.74, 6) is 0.945. The van der Waals surface area contributed by atoms with Crippen LogP contribution in [0.15, 0.2) is 18.5 Å². The third-order valence-electron chi connectivity index (χ3n) is 2.79. The smallest absolute Gasteiger partial charge is 0.225 e. The molecule has 79 valence electrons. The number of carbonyl (C=O) groups excluding carboxylic acids is 1. The molecule has 1 radical (unpaired) electrons. The number of carbonyl (C=O) groups is 1. The summed E-state index contributed by atoms with van der Waals surface area (Å²) >= 11 is 0. The zero-order valence-corrected chi connectivity index (χ0v) is 8.59. The summed E-state index contributed by atoms with van der Waals surface area (Å²) in [6.45, 7) is 5.16. The van der Waals surface area contributed by atoms with Gasteiger partial charge < -0.3 is 4.90 Å². The molecule has 0 spiro atoms. The van der Waals surface area contributed by atoms with E-state index in [2.05, 4.69) is 21.8 Å². The van der Waals surface area contributed by atoms with Gasteiger partial charge in [-0.3, -0.25) is 4.79 Å². The molecule has 2 heterocycles. The van der Waals surface area contributed by atoms with Crippen LogP contribution in [0.2, 0.25) is 0 Å². The van der Waals surface area contributed by atoms with E-state index in [1.807, 2.05) is 0 Å². The first-order chi connectivity index (χ1) is 7.27. The summed E-state index contributed by atoms with van der Waals surface area (Å²) in [4.78, 5) is 21.6. The van der Waals surface area contributed by atoms with Crippen molar-refractivity contribution in [3.05, 3.63) is 25.4 Å². The van der Waals surface area contributed by atoms with Crippen molar-refractivity contribution in [3.8, 4) is 0 Å². The van der Waals surface area contributed by atoms with Gasteiger partial charge in [-0.25, -0.2) is 9.97 Å². The number of hydrogen-bond donors (Lipinski definition) is 0. The van der Waals surface area contributed by atoms with Gasteiger partial charge in [0.05, 0.1) is 0 Å². The summed E-state index contributed by atoms with van der Waals surface area (Å²) in [6, 6.07) is 1.80. The maximum absolute atomic E-state index is 11.1. The van der Waals surface area contributed by atoms with Gasteiger partial charge in [0.15, 0.2) is 0 Å². The molecule has 0 unspecified atom stereocenters. The molecule has 0 atom stereocenters. The van der Waals surface area contributed by atoms with E-state index in [0.717, 1.165) is 31.9 Å². The van der Waals surface area contributed by atoms with Gasteiger partial charge in [-0.1, -0.05) is 0 Å². The van der Waals surface area contributed by atoms with E-state index in [-0.39, 0.29) is 11.7 Å². The average molecular weight is 204 g/mol. The first kappa shape index (κ1) is 10.1. The fourth-order valence-electron chi connectivity index (χ4n) is 1.86. The monoisotopic (exact) mass is 204 g/mol. The van der Waals surface area contributed by atoms with Crippen molar-refractivity contribution in [2.45, 2.75) is 12.8 Å². The Morgan fingerprint density at radius 3 is 2.47 bits per heavy atom. The largest absolute Gasteiger partial charge is 0.341 e. The first-order valence-corrected chi connectivity index (χ1v) is 5.15. The van der Waals surface area contributed by atoms with E-state index in [0.29, 0.717) is 0 Å². The van der Waals surface area contributed by atoms with Crippen molar-refractivity contribution in [1.29, 1.82) is 0 Å². The van der Waals surface area contributed by atoms with Crippen molar-refractivity contribution in [2.75, 3.05) is 18.0 Å². The molecule has 1 aromatic heterocycles. The lowest BCUT2D eigenvalue weighted by Gasteiger charge is -2.30. The van der Waals surface area contributed by atoms with Gasteiger partial charge in [0.25, 0.3) is 0 Å². The minimum Gasteiger partial charge on any atom is -0.341 e. The molecule has 1 aromatic rings. The Bertz CT molecular complexity index is 331. The quantitative estimate of drug-likeness (QED) is 0.723. The van der Waals surface area contributed by atoms with E-state index < -0.39 is 0 Å². The first-order valence-electron chi connectivity index (χ1n) is 5.15. The number of piperidine rings is 1. The Labute approximate surface area is 89.3 Å². The predicted octanol–water partition coefficient (Wildman–Crippen LogP) is 1.10. The highest BCUT2D eigenvalue weighted by atomic mass is 16.1. The normalized spacial score (nSPS) is 17.8. The van der Waals surface area contributed by atoms with Crippen molar-refractivity contribution in [2.24, 2.45) is 5.92 Å². The molecule has 1 saturated heterocycles. The number of anilines is 1. The summed E-state index contributed by atoms with van der Waals surface area (Å²) < 4.78 is 0. The molecule has 4 heteroatoms.